The van der Waals surface area contributed by atoms with Crippen molar-refractivity contribution in [2.24, 2.45) is 0 Å². The van der Waals surface area contributed by atoms with E-state index in [9.17, 15) is 4.79 Å². The minimum Gasteiger partial charge on any atom is -0.489 e. The third-order valence-electron chi connectivity index (χ3n) is 4.38. The number of aromatic nitrogens is 4. The van der Waals surface area contributed by atoms with Crippen LogP contribution in [0.2, 0.25) is 0 Å². The SMILES string of the molecule is Cc1nc(-c2cccnc2)ncc1C(=O)NCCOc1cccc2cccnc12. The second-order valence-electron chi connectivity index (χ2n) is 6.37. The number of nitrogens with one attached hydrogen (secondary N) is 1. The maximum atomic E-state index is 12.5. The van der Waals surface area contributed by atoms with Gasteiger partial charge in [0.05, 0.1) is 17.8 Å². The number of nitrogens with zero attached hydrogens (tertiary/aromatic N) is 4. The highest BCUT2D eigenvalue weighted by molar-refractivity contribution is 5.95. The summed E-state index contributed by atoms with van der Waals surface area (Å²) in [6.45, 7) is 2.47. The molecule has 0 aliphatic heterocycles. The third kappa shape index (κ3) is 4.19. The van der Waals surface area contributed by atoms with Crippen molar-refractivity contribution in [1.82, 2.24) is 25.3 Å². The Morgan fingerprint density at radius 1 is 1.03 bits per heavy atom. The van der Waals surface area contributed by atoms with Gasteiger partial charge in [0.15, 0.2) is 5.82 Å². The van der Waals surface area contributed by atoms with Crippen LogP contribution in [-0.4, -0.2) is 39.0 Å². The quantitative estimate of drug-likeness (QED) is 0.513. The summed E-state index contributed by atoms with van der Waals surface area (Å²) < 4.78 is 5.80. The molecule has 1 amide bonds. The van der Waals surface area contributed by atoms with Gasteiger partial charge in [0, 0.05) is 35.7 Å². The van der Waals surface area contributed by atoms with Crippen LogP contribution in [0.15, 0.2) is 67.3 Å². The van der Waals surface area contributed by atoms with Gasteiger partial charge in [0.2, 0.25) is 0 Å². The van der Waals surface area contributed by atoms with Crippen molar-refractivity contribution >= 4 is 16.8 Å². The number of pyridine rings is 2. The van der Waals surface area contributed by atoms with Crippen molar-refractivity contribution in [2.45, 2.75) is 6.92 Å². The molecule has 7 heteroatoms. The topological polar surface area (TPSA) is 89.9 Å². The van der Waals surface area contributed by atoms with Crippen LogP contribution in [0, 0.1) is 6.92 Å². The molecule has 1 aromatic carbocycles. The normalized spacial score (nSPS) is 10.7. The molecule has 0 aliphatic rings. The average Bonchev–Trinajstić information content (AvgIpc) is 2.77. The van der Waals surface area contributed by atoms with E-state index in [1.165, 1.54) is 6.20 Å². The zero-order chi connectivity index (χ0) is 20.1. The number of amides is 1. The van der Waals surface area contributed by atoms with E-state index in [0.29, 0.717) is 36.0 Å². The monoisotopic (exact) mass is 385 g/mol. The van der Waals surface area contributed by atoms with E-state index in [4.69, 9.17) is 4.74 Å². The zero-order valence-corrected chi connectivity index (χ0v) is 15.9. The Bertz CT molecular complexity index is 1140. The number of carbonyl (C=O) groups is 1. The first kappa shape index (κ1) is 18.5. The number of rotatable bonds is 6. The summed E-state index contributed by atoms with van der Waals surface area (Å²) in [4.78, 5) is 29.6. The van der Waals surface area contributed by atoms with Crippen LogP contribution in [0.5, 0.6) is 5.75 Å². The van der Waals surface area contributed by atoms with Crippen LogP contribution in [0.3, 0.4) is 0 Å². The maximum absolute atomic E-state index is 12.5. The van der Waals surface area contributed by atoms with Crippen molar-refractivity contribution in [3.8, 4) is 17.1 Å². The molecule has 144 valence electrons. The van der Waals surface area contributed by atoms with Crippen molar-refractivity contribution in [1.29, 1.82) is 0 Å². The average molecular weight is 385 g/mol. The lowest BCUT2D eigenvalue weighted by Crippen LogP contribution is -2.29. The number of carbonyl (C=O) groups excluding carboxylic acids is 1. The van der Waals surface area contributed by atoms with Gasteiger partial charge >= 0.3 is 0 Å². The van der Waals surface area contributed by atoms with Gasteiger partial charge < -0.3 is 10.1 Å². The Morgan fingerprint density at radius 3 is 2.72 bits per heavy atom. The first-order valence-electron chi connectivity index (χ1n) is 9.21. The van der Waals surface area contributed by atoms with E-state index in [1.54, 1.807) is 25.5 Å². The number of fused-ring (bicyclic) bond motifs is 1. The smallest absolute Gasteiger partial charge is 0.254 e. The molecule has 0 aliphatic carbocycles. The third-order valence-corrected chi connectivity index (χ3v) is 4.38. The second-order valence-corrected chi connectivity index (χ2v) is 6.37. The molecule has 0 radical (unpaired) electrons. The lowest BCUT2D eigenvalue weighted by molar-refractivity contribution is 0.0945. The van der Waals surface area contributed by atoms with Gasteiger partial charge in [-0.1, -0.05) is 18.2 Å². The molecule has 0 saturated carbocycles. The lowest BCUT2D eigenvalue weighted by Gasteiger charge is -2.10. The van der Waals surface area contributed by atoms with E-state index in [0.717, 1.165) is 16.5 Å². The van der Waals surface area contributed by atoms with Gasteiger partial charge in [0.25, 0.3) is 5.91 Å². The molecule has 3 heterocycles. The largest absolute Gasteiger partial charge is 0.489 e. The summed E-state index contributed by atoms with van der Waals surface area (Å²) in [6, 6.07) is 13.3. The van der Waals surface area contributed by atoms with E-state index in [1.807, 2.05) is 42.5 Å². The van der Waals surface area contributed by atoms with Crippen LogP contribution in [0.4, 0.5) is 0 Å². The maximum Gasteiger partial charge on any atom is 0.254 e. The number of benzene rings is 1. The Kier molecular flexibility index (Phi) is 5.38. The molecule has 0 spiro atoms. The summed E-state index contributed by atoms with van der Waals surface area (Å²) in [6.07, 6.45) is 6.65. The molecule has 0 atom stereocenters. The summed E-state index contributed by atoms with van der Waals surface area (Å²) >= 11 is 0. The molecule has 4 rings (SSSR count). The van der Waals surface area contributed by atoms with E-state index in [2.05, 4.69) is 25.3 Å². The van der Waals surface area contributed by atoms with Crippen LogP contribution in [0.1, 0.15) is 16.1 Å². The molecule has 4 aromatic rings. The molecule has 0 bridgehead atoms. The molecular weight excluding hydrogens is 366 g/mol. The minimum atomic E-state index is -0.236. The predicted octanol–water partition coefficient (Wildman–Crippen LogP) is 3.20. The number of para-hydroxylation sites is 1. The van der Waals surface area contributed by atoms with Crippen LogP contribution in [-0.2, 0) is 0 Å². The number of ether oxygens (including phenoxy) is 1. The number of aryl methyl sites for hydroxylation is 1. The minimum absolute atomic E-state index is 0.236. The molecule has 0 fully saturated rings. The Labute approximate surface area is 167 Å². The van der Waals surface area contributed by atoms with Gasteiger partial charge in [-0.3, -0.25) is 14.8 Å². The van der Waals surface area contributed by atoms with Crippen molar-refractivity contribution in [3.05, 3.63) is 78.5 Å². The van der Waals surface area contributed by atoms with Gasteiger partial charge in [-0.15, -0.1) is 0 Å². The van der Waals surface area contributed by atoms with Gasteiger partial charge in [-0.05, 0) is 31.2 Å². The van der Waals surface area contributed by atoms with E-state index < -0.39 is 0 Å². The van der Waals surface area contributed by atoms with E-state index >= 15 is 0 Å². The van der Waals surface area contributed by atoms with Crippen LogP contribution in [0.25, 0.3) is 22.3 Å². The zero-order valence-electron chi connectivity index (χ0n) is 15.9. The highest BCUT2D eigenvalue weighted by Gasteiger charge is 2.12. The van der Waals surface area contributed by atoms with Crippen molar-refractivity contribution < 1.29 is 9.53 Å². The van der Waals surface area contributed by atoms with Crippen LogP contribution >= 0.6 is 0 Å². The lowest BCUT2D eigenvalue weighted by atomic mass is 10.2. The Hall–Kier alpha value is -3.87. The van der Waals surface area contributed by atoms with Gasteiger partial charge in [-0.2, -0.15) is 0 Å². The Morgan fingerprint density at radius 2 is 1.90 bits per heavy atom. The highest BCUT2D eigenvalue weighted by Crippen LogP contribution is 2.22. The summed E-state index contributed by atoms with van der Waals surface area (Å²) in [5.41, 5.74) is 2.65. The molecule has 3 aromatic heterocycles. The fourth-order valence-corrected chi connectivity index (χ4v) is 2.94. The first-order valence-corrected chi connectivity index (χ1v) is 9.21. The highest BCUT2D eigenvalue weighted by atomic mass is 16.5. The molecule has 1 N–H and O–H groups in total. The van der Waals surface area contributed by atoms with E-state index in [-0.39, 0.29) is 5.91 Å². The van der Waals surface area contributed by atoms with Crippen LogP contribution < -0.4 is 10.1 Å². The standard InChI is InChI=1S/C22H19N5O2/c1-15-18(14-26-21(27-15)17-7-3-9-23-13-17)22(28)25-11-12-29-19-8-2-5-16-6-4-10-24-20(16)19/h2-10,13-14H,11-12H2,1H3,(H,25,28). The molecule has 0 saturated heterocycles. The van der Waals surface area contributed by atoms with Gasteiger partial charge in [-0.25, -0.2) is 9.97 Å². The summed E-state index contributed by atoms with van der Waals surface area (Å²) in [7, 11) is 0. The van der Waals surface area contributed by atoms with Crippen molar-refractivity contribution in [2.75, 3.05) is 13.2 Å². The molecule has 29 heavy (non-hydrogen) atoms. The van der Waals surface area contributed by atoms with Crippen molar-refractivity contribution in [3.63, 3.8) is 0 Å². The second kappa shape index (κ2) is 8.43. The number of hydrogen-bond donors (Lipinski definition) is 1. The first-order chi connectivity index (χ1) is 14.2. The Balaban J connectivity index is 1.36. The number of hydrogen-bond acceptors (Lipinski definition) is 6. The summed E-state index contributed by atoms with van der Waals surface area (Å²) in [5.74, 6) is 0.997. The predicted molar refractivity (Wildman–Crippen MR) is 110 cm³/mol. The fraction of sp³-hybridized carbons (Fsp3) is 0.136. The fourth-order valence-electron chi connectivity index (χ4n) is 2.94. The van der Waals surface area contributed by atoms with Gasteiger partial charge in [0.1, 0.15) is 17.9 Å². The summed E-state index contributed by atoms with van der Waals surface area (Å²) in [5, 5.41) is 3.85. The molecular formula is C22H19N5O2. The molecule has 7 nitrogen and oxygen atoms in total. The molecule has 0 unspecified atom stereocenters.